The van der Waals surface area contributed by atoms with E-state index in [9.17, 15) is 14.4 Å². The predicted molar refractivity (Wildman–Crippen MR) is 292 cm³/mol. The standard InChI is InChI=1S/C62H96O6/c1-4-7-10-13-16-19-21-23-24-25-26-27-28-29-30-31-32-33-34-35-36-37-38-40-41-43-46-49-52-55-61(64)67-58-59(57-66-60(63)54-51-48-45-18-15-12-9-6-3)68-62(65)56-53-50-47-44-42-39-22-20-17-14-11-8-5-2/h7-8,10-11,16-17,19-20,23-24,26-27,29-30,32-33,35-36,38-40,42,47,50,59H,4-6,9,12-15,18,21-22,25,28,31,34,37,41,43-46,48-49,51-58H2,1-3H3/b10-7-,11-8-,19-16-,20-17-,24-23-,27-26-,30-29-,33-32-,36-35-,40-38-,42-39-,50-47-. The van der Waals surface area contributed by atoms with Gasteiger partial charge in [0.2, 0.25) is 0 Å². The number of esters is 3. The highest BCUT2D eigenvalue weighted by atomic mass is 16.6. The predicted octanol–water partition coefficient (Wildman–Crippen LogP) is 18.0. The Hall–Kier alpha value is -4.71. The van der Waals surface area contributed by atoms with Crippen LogP contribution < -0.4 is 0 Å². The van der Waals surface area contributed by atoms with Gasteiger partial charge in [0.15, 0.2) is 6.10 Å². The molecule has 1 atom stereocenters. The summed E-state index contributed by atoms with van der Waals surface area (Å²) in [5.74, 6) is -1.04. The molecule has 0 spiro atoms. The Labute approximate surface area is 417 Å². The molecule has 6 nitrogen and oxygen atoms in total. The molecule has 0 bridgehead atoms. The van der Waals surface area contributed by atoms with Gasteiger partial charge in [-0.2, -0.15) is 0 Å². The average Bonchev–Trinajstić information content (AvgIpc) is 3.34. The number of hydrogen-bond acceptors (Lipinski definition) is 6. The zero-order valence-electron chi connectivity index (χ0n) is 43.3. The van der Waals surface area contributed by atoms with Crippen molar-refractivity contribution < 1.29 is 28.6 Å². The molecule has 0 aromatic rings. The van der Waals surface area contributed by atoms with E-state index in [4.69, 9.17) is 14.2 Å². The number of carbonyl (C=O) groups is 3. The van der Waals surface area contributed by atoms with Crippen LogP contribution in [0.15, 0.2) is 146 Å². The molecule has 0 aromatic carbocycles. The fourth-order valence-corrected chi connectivity index (χ4v) is 6.65. The summed E-state index contributed by atoms with van der Waals surface area (Å²) in [6.45, 7) is 6.26. The molecule has 0 radical (unpaired) electrons. The summed E-state index contributed by atoms with van der Waals surface area (Å²) in [6, 6.07) is 0. The molecule has 0 fully saturated rings. The van der Waals surface area contributed by atoms with Gasteiger partial charge in [0.05, 0.1) is 0 Å². The molecular formula is C62H96O6. The highest BCUT2D eigenvalue weighted by Gasteiger charge is 2.19. The fraction of sp³-hybridized carbons (Fsp3) is 0.565. The molecule has 0 rings (SSSR count). The lowest BCUT2D eigenvalue weighted by Gasteiger charge is -2.18. The van der Waals surface area contributed by atoms with Gasteiger partial charge in [-0.1, -0.05) is 224 Å². The van der Waals surface area contributed by atoms with Crippen LogP contribution in [0.5, 0.6) is 0 Å². The van der Waals surface area contributed by atoms with Gasteiger partial charge in [-0.05, 0) is 109 Å². The Morgan fingerprint density at radius 2 is 0.603 bits per heavy atom. The maximum atomic E-state index is 12.7. The van der Waals surface area contributed by atoms with Crippen LogP contribution in [0.4, 0.5) is 0 Å². The Balaban J connectivity index is 4.34. The first-order valence-electron chi connectivity index (χ1n) is 26.8. The van der Waals surface area contributed by atoms with Crippen molar-refractivity contribution in [1.29, 1.82) is 0 Å². The smallest absolute Gasteiger partial charge is 0.306 e. The molecule has 0 saturated heterocycles. The van der Waals surface area contributed by atoms with E-state index in [-0.39, 0.29) is 31.6 Å². The van der Waals surface area contributed by atoms with E-state index in [1.165, 1.54) is 32.1 Å². The van der Waals surface area contributed by atoms with E-state index in [0.717, 1.165) is 128 Å². The third-order valence-electron chi connectivity index (χ3n) is 10.6. The van der Waals surface area contributed by atoms with Crippen molar-refractivity contribution in [2.45, 2.75) is 213 Å². The molecule has 1 unspecified atom stereocenters. The van der Waals surface area contributed by atoms with Crippen LogP contribution in [-0.4, -0.2) is 37.2 Å². The second-order valence-corrected chi connectivity index (χ2v) is 17.0. The summed E-state index contributed by atoms with van der Waals surface area (Å²) in [6.07, 6.45) is 78.7. The van der Waals surface area contributed by atoms with E-state index in [1.54, 1.807) is 0 Å². The van der Waals surface area contributed by atoms with E-state index >= 15 is 0 Å². The summed E-state index contributed by atoms with van der Waals surface area (Å²) in [4.78, 5) is 37.8. The third-order valence-corrected chi connectivity index (χ3v) is 10.6. The van der Waals surface area contributed by atoms with Crippen LogP contribution in [0.3, 0.4) is 0 Å². The number of carbonyl (C=O) groups excluding carboxylic acids is 3. The Morgan fingerprint density at radius 3 is 0.956 bits per heavy atom. The molecule has 0 N–H and O–H groups in total. The van der Waals surface area contributed by atoms with Gasteiger partial charge in [0.25, 0.3) is 0 Å². The van der Waals surface area contributed by atoms with Gasteiger partial charge in [-0.25, -0.2) is 0 Å². The topological polar surface area (TPSA) is 78.9 Å². The van der Waals surface area contributed by atoms with Crippen LogP contribution >= 0.6 is 0 Å². The normalized spacial score (nSPS) is 13.3. The van der Waals surface area contributed by atoms with Gasteiger partial charge in [-0.3, -0.25) is 14.4 Å². The highest BCUT2D eigenvalue weighted by Crippen LogP contribution is 2.12. The van der Waals surface area contributed by atoms with Gasteiger partial charge in [0, 0.05) is 19.3 Å². The molecule has 0 saturated carbocycles. The molecule has 0 heterocycles. The summed E-state index contributed by atoms with van der Waals surface area (Å²) in [5.41, 5.74) is 0. The third kappa shape index (κ3) is 52.3. The van der Waals surface area contributed by atoms with Crippen molar-refractivity contribution in [1.82, 2.24) is 0 Å². The SMILES string of the molecule is CC/C=C\C/C=C\C/C=C\C/C=C\C/C=C\C/C=C\C/C=C\C/C=C\CCCCCCC(=O)OCC(COC(=O)CCCCCCCCCC)OC(=O)CC/C=C\C/C=C\C/C=C\C/C=C\CC. The molecule has 0 aliphatic heterocycles. The summed E-state index contributed by atoms with van der Waals surface area (Å²) in [5, 5.41) is 0. The molecular weight excluding hydrogens is 841 g/mol. The lowest BCUT2D eigenvalue weighted by molar-refractivity contribution is -0.166. The minimum absolute atomic E-state index is 0.119. The lowest BCUT2D eigenvalue weighted by Crippen LogP contribution is -2.30. The molecule has 380 valence electrons. The molecule has 0 aliphatic carbocycles. The Bertz CT molecular complexity index is 1540. The van der Waals surface area contributed by atoms with Crippen molar-refractivity contribution in [2.24, 2.45) is 0 Å². The van der Waals surface area contributed by atoms with E-state index in [1.807, 2.05) is 12.2 Å². The van der Waals surface area contributed by atoms with Crippen molar-refractivity contribution in [3.63, 3.8) is 0 Å². The number of ether oxygens (including phenoxy) is 3. The average molecular weight is 937 g/mol. The van der Waals surface area contributed by atoms with E-state index < -0.39 is 12.1 Å². The van der Waals surface area contributed by atoms with Crippen LogP contribution in [0.2, 0.25) is 0 Å². The van der Waals surface area contributed by atoms with Crippen LogP contribution in [0.25, 0.3) is 0 Å². The van der Waals surface area contributed by atoms with Crippen LogP contribution in [-0.2, 0) is 28.6 Å². The maximum absolute atomic E-state index is 12.7. The first kappa shape index (κ1) is 63.3. The summed E-state index contributed by atoms with van der Waals surface area (Å²) < 4.78 is 16.6. The lowest BCUT2D eigenvalue weighted by atomic mass is 10.1. The fourth-order valence-electron chi connectivity index (χ4n) is 6.65. The Kier molecular flexibility index (Phi) is 51.1. The highest BCUT2D eigenvalue weighted by molar-refractivity contribution is 5.71. The second-order valence-electron chi connectivity index (χ2n) is 17.0. The molecule has 0 aromatic heterocycles. The van der Waals surface area contributed by atoms with Crippen molar-refractivity contribution in [3.8, 4) is 0 Å². The summed E-state index contributed by atoms with van der Waals surface area (Å²) in [7, 11) is 0. The first-order chi connectivity index (χ1) is 33.5. The second kappa shape index (κ2) is 54.9. The van der Waals surface area contributed by atoms with Crippen molar-refractivity contribution in [2.75, 3.05) is 13.2 Å². The number of hydrogen-bond donors (Lipinski definition) is 0. The maximum Gasteiger partial charge on any atom is 0.306 e. The Morgan fingerprint density at radius 1 is 0.309 bits per heavy atom. The zero-order valence-corrected chi connectivity index (χ0v) is 43.3. The van der Waals surface area contributed by atoms with Crippen LogP contribution in [0, 0.1) is 0 Å². The minimum atomic E-state index is -0.829. The van der Waals surface area contributed by atoms with Gasteiger partial charge in [0.1, 0.15) is 13.2 Å². The molecule has 0 aliphatic rings. The van der Waals surface area contributed by atoms with Gasteiger partial charge in [-0.15, -0.1) is 0 Å². The minimum Gasteiger partial charge on any atom is -0.462 e. The summed E-state index contributed by atoms with van der Waals surface area (Å²) >= 11 is 0. The molecule has 0 amide bonds. The van der Waals surface area contributed by atoms with E-state index in [0.29, 0.717) is 19.3 Å². The van der Waals surface area contributed by atoms with Crippen LogP contribution in [0.1, 0.15) is 207 Å². The van der Waals surface area contributed by atoms with Gasteiger partial charge >= 0.3 is 17.9 Å². The first-order valence-corrected chi connectivity index (χ1v) is 26.8. The number of unbranched alkanes of at least 4 members (excludes halogenated alkanes) is 11. The zero-order chi connectivity index (χ0) is 49.3. The number of allylic oxidation sites excluding steroid dienone is 24. The quantitative estimate of drug-likeness (QED) is 0.0262. The van der Waals surface area contributed by atoms with E-state index in [2.05, 4.69) is 154 Å². The van der Waals surface area contributed by atoms with Crippen molar-refractivity contribution >= 4 is 17.9 Å². The van der Waals surface area contributed by atoms with Gasteiger partial charge < -0.3 is 14.2 Å². The molecule has 68 heavy (non-hydrogen) atoms. The largest absolute Gasteiger partial charge is 0.462 e. The number of rotatable bonds is 46. The van der Waals surface area contributed by atoms with Crippen molar-refractivity contribution in [3.05, 3.63) is 146 Å². The monoisotopic (exact) mass is 937 g/mol. The molecule has 6 heteroatoms.